The van der Waals surface area contributed by atoms with Gasteiger partial charge in [0.25, 0.3) is 5.89 Å². The molecule has 3 N–H and O–H groups in total. The largest absolute Gasteiger partial charge is 0.434 e. The number of oxazole rings is 1. The number of aromatic nitrogens is 1. The van der Waals surface area contributed by atoms with Crippen LogP contribution in [0.5, 0.6) is 0 Å². The van der Waals surface area contributed by atoms with Crippen molar-refractivity contribution in [1.82, 2.24) is 25.2 Å². The number of ether oxygens (including phenoxy) is 1. The summed E-state index contributed by atoms with van der Waals surface area (Å²) in [6.45, 7) is 5.14. The number of piperidine rings is 1. The second kappa shape index (κ2) is 17.2. The Morgan fingerprint density at radius 2 is 1.77 bits per heavy atom. The zero-order valence-corrected chi connectivity index (χ0v) is 31.9. The fourth-order valence-electron chi connectivity index (χ4n) is 6.61. The lowest BCUT2D eigenvalue weighted by Crippen LogP contribution is -2.55. The zero-order chi connectivity index (χ0) is 37.6. The molecule has 0 bridgehead atoms. The van der Waals surface area contributed by atoms with E-state index in [1.165, 1.54) is 30.0 Å². The third-order valence-electron chi connectivity index (χ3n) is 9.57. The predicted octanol–water partition coefficient (Wildman–Crippen LogP) is 3.24. The summed E-state index contributed by atoms with van der Waals surface area (Å²) in [5.74, 6) is -1.87. The first kappa shape index (κ1) is 39.8. The minimum atomic E-state index is -3.79. The summed E-state index contributed by atoms with van der Waals surface area (Å²) in [4.78, 5) is 47.4. The van der Waals surface area contributed by atoms with Gasteiger partial charge < -0.3 is 24.7 Å². The number of benzene rings is 2. The molecule has 2 aliphatic heterocycles. The van der Waals surface area contributed by atoms with Crippen LogP contribution in [0.25, 0.3) is 11.1 Å². The Hall–Kier alpha value is -3.41. The number of fused-ring (bicyclic) bond motifs is 1. The minimum absolute atomic E-state index is 0.0265. The van der Waals surface area contributed by atoms with E-state index < -0.39 is 61.7 Å². The topological polar surface area (TPSA) is 194 Å². The summed E-state index contributed by atoms with van der Waals surface area (Å²) in [7, 11) is -7.31. The van der Waals surface area contributed by atoms with Crippen LogP contribution < -0.4 is 15.4 Å². The Morgan fingerprint density at radius 1 is 1.06 bits per heavy atom. The van der Waals surface area contributed by atoms with Crippen molar-refractivity contribution in [2.24, 2.45) is 5.92 Å². The number of Topliss-reactive ketones (excluding diaryl/α,β-unsaturated/α-hetero) is 1. The molecule has 2 saturated heterocycles. The van der Waals surface area contributed by atoms with Crippen molar-refractivity contribution in [3.05, 3.63) is 58.9 Å². The normalized spacial score (nSPS) is 19.8. The molecule has 2 aromatic carbocycles. The van der Waals surface area contributed by atoms with Crippen molar-refractivity contribution in [3.63, 3.8) is 0 Å². The number of carbonyl (C=O) groups is 3. The van der Waals surface area contributed by atoms with E-state index >= 15 is 0 Å². The van der Waals surface area contributed by atoms with Crippen molar-refractivity contribution in [1.29, 1.82) is 0 Å². The zero-order valence-electron chi connectivity index (χ0n) is 29.5. The van der Waals surface area contributed by atoms with Crippen LogP contribution in [0.4, 0.5) is 0 Å². The fourth-order valence-corrected chi connectivity index (χ4v) is 8.37. The molecule has 0 saturated carbocycles. The standard InChI is InChI=1S/C35H46ClN5O9S2/c1-4-27(32(42)34-39-29-19-26(52(47,48)5-2)11-13-31(29)50-34)38-33(43)30-18-25(49-21-23-6-9-24(36)10-7-23)20-41(30)35(44)28(40-51(3,45)46)12-8-22-14-16-37-17-15-22/h6-7,9-11,13,19,22,25,27-28,30,37,40H,4-5,8,12,14-18,20-21H2,1-3H3,(H,38,43)/t25-,27+,28-,30+/m1/s1. The van der Waals surface area contributed by atoms with E-state index in [0.29, 0.717) is 17.4 Å². The highest BCUT2D eigenvalue weighted by molar-refractivity contribution is 7.91. The number of hydrogen-bond acceptors (Lipinski definition) is 11. The van der Waals surface area contributed by atoms with Gasteiger partial charge in [0.05, 0.1) is 35.7 Å². The molecule has 3 heterocycles. The van der Waals surface area contributed by atoms with Crippen LogP contribution in [0.3, 0.4) is 0 Å². The molecule has 17 heteroatoms. The van der Waals surface area contributed by atoms with Crippen molar-refractivity contribution in [3.8, 4) is 0 Å². The van der Waals surface area contributed by atoms with Crippen LogP contribution in [-0.2, 0) is 40.8 Å². The molecular formula is C35H46ClN5O9S2. The lowest BCUT2D eigenvalue weighted by atomic mass is 9.91. The summed E-state index contributed by atoms with van der Waals surface area (Å²) >= 11 is 6.02. The number of ketones is 1. The van der Waals surface area contributed by atoms with Gasteiger partial charge in [0.15, 0.2) is 15.4 Å². The van der Waals surface area contributed by atoms with E-state index in [9.17, 15) is 31.2 Å². The Morgan fingerprint density at radius 3 is 2.42 bits per heavy atom. The van der Waals surface area contributed by atoms with Crippen LogP contribution in [0.15, 0.2) is 51.8 Å². The molecule has 2 aliphatic rings. The average molecular weight is 780 g/mol. The van der Waals surface area contributed by atoms with Gasteiger partial charge in [0.1, 0.15) is 17.6 Å². The predicted molar refractivity (Wildman–Crippen MR) is 195 cm³/mol. The van der Waals surface area contributed by atoms with Crippen LogP contribution in [0, 0.1) is 5.92 Å². The third kappa shape index (κ3) is 10.2. The molecule has 52 heavy (non-hydrogen) atoms. The number of sulfone groups is 1. The van der Waals surface area contributed by atoms with Crippen molar-refractivity contribution in [2.45, 2.75) is 88.1 Å². The summed E-state index contributed by atoms with van der Waals surface area (Å²) in [5.41, 5.74) is 1.23. The van der Waals surface area contributed by atoms with E-state index in [1.807, 2.05) is 12.1 Å². The third-order valence-corrected chi connectivity index (χ3v) is 12.3. The molecule has 2 amide bonds. The molecule has 14 nitrogen and oxygen atoms in total. The van der Waals surface area contributed by atoms with E-state index in [1.54, 1.807) is 19.1 Å². The Kier molecular flexibility index (Phi) is 13.1. The molecule has 0 aliphatic carbocycles. The minimum Gasteiger partial charge on any atom is -0.434 e. The molecule has 2 fully saturated rings. The molecule has 0 radical (unpaired) electrons. The first-order valence-electron chi connectivity index (χ1n) is 17.5. The molecule has 3 aromatic rings. The fraction of sp³-hybridized carbons (Fsp3) is 0.543. The van der Waals surface area contributed by atoms with Crippen LogP contribution in [-0.4, -0.2) is 100 Å². The van der Waals surface area contributed by atoms with Gasteiger partial charge in [-0.2, -0.15) is 0 Å². The maximum Gasteiger partial charge on any atom is 0.266 e. The number of likely N-dealkylation sites (tertiary alicyclic amines) is 1. The maximum atomic E-state index is 14.2. The van der Waals surface area contributed by atoms with Gasteiger partial charge in [-0.05, 0) is 87.0 Å². The van der Waals surface area contributed by atoms with Crippen molar-refractivity contribution >= 4 is 60.2 Å². The molecule has 0 unspecified atom stereocenters. The van der Waals surface area contributed by atoms with E-state index in [2.05, 4.69) is 20.3 Å². The van der Waals surface area contributed by atoms with Crippen LogP contribution in [0.2, 0.25) is 5.02 Å². The highest BCUT2D eigenvalue weighted by Gasteiger charge is 2.44. The molecule has 0 spiro atoms. The first-order valence-corrected chi connectivity index (χ1v) is 21.4. The molecular weight excluding hydrogens is 734 g/mol. The Labute approximate surface area is 309 Å². The van der Waals surface area contributed by atoms with Crippen molar-refractivity contribution in [2.75, 3.05) is 31.6 Å². The van der Waals surface area contributed by atoms with E-state index in [4.69, 9.17) is 20.8 Å². The van der Waals surface area contributed by atoms with E-state index in [0.717, 1.165) is 37.8 Å². The quantitative estimate of drug-likeness (QED) is 0.181. The first-order chi connectivity index (χ1) is 24.7. The second-order valence-electron chi connectivity index (χ2n) is 13.4. The van der Waals surface area contributed by atoms with Crippen LogP contribution in [0.1, 0.15) is 68.6 Å². The number of sulfonamides is 1. The van der Waals surface area contributed by atoms with Gasteiger partial charge in [-0.25, -0.2) is 26.5 Å². The number of hydrogen-bond donors (Lipinski definition) is 3. The van der Waals surface area contributed by atoms with Gasteiger partial charge in [-0.15, -0.1) is 0 Å². The van der Waals surface area contributed by atoms with Gasteiger partial charge >= 0.3 is 0 Å². The van der Waals surface area contributed by atoms with Gasteiger partial charge in [-0.1, -0.05) is 37.6 Å². The Bertz CT molecular complexity index is 1970. The second-order valence-corrected chi connectivity index (χ2v) is 17.9. The molecule has 5 rings (SSSR count). The number of nitrogens with zero attached hydrogens (tertiary/aromatic N) is 2. The molecule has 284 valence electrons. The molecule has 4 atom stereocenters. The number of carbonyl (C=O) groups excluding carboxylic acids is 3. The summed E-state index contributed by atoms with van der Waals surface area (Å²) < 4.78 is 63.9. The Balaban J connectivity index is 1.36. The van der Waals surface area contributed by atoms with E-state index in [-0.39, 0.29) is 60.1 Å². The summed E-state index contributed by atoms with van der Waals surface area (Å²) in [6.07, 6.45) is 3.41. The summed E-state index contributed by atoms with van der Waals surface area (Å²) in [5, 5.41) is 6.63. The highest BCUT2D eigenvalue weighted by Crippen LogP contribution is 2.27. The lowest BCUT2D eigenvalue weighted by Gasteiger charge is -2.30. The number of halogens is 1. The lowest BCUT2D eigenvalue weighted by molar-refractivity contribution is -0.140. The van der Waals surface area contributed by atoms with Gasteiger partial charge in [-0.3, -0.25) is 14.4 Å². The number of amides is 2. The monoisotopic (exact) mass is 779 g/mol. The summed E-state index contributed by atoms with van der Waals surface area (Å²) in [6, 6.07) is 7.98. The SMILES string of the molecule is CC[C@H](NC(=O)[C@@H]1C[C@@H](OCc2ccc(Cl)cc2)CN1C(=O)[C@@H](CCC1CCNCC1)NS(C)(=O)=O)C(=O)c1nc2cc(S(=O)(=O)CC)ccc2o1. The average Bonchev–Trinajstić information content (AvgIpc) is 3.76. The van der Waals surface area contributed by atoms with Gasteiger partial charge in [0.2, 0.25) is 27.6 Å². The smallest absolute Gasteiger partial charge is 0.266 e. The molecule has 1 aromatic heterocycles. The number of rotatable bonds is 16. The highest BCUT2D eigenvalue weighted by atomic mass is 35.5. The van der Waals surface area contributed by atoms with Gasteiger partial charge in [0, 0.05) is 18.0 Å². The van der Waals surface area contributed by atoms with Crippen molar-refractivity contribution < 1.29 is 40.4 Å². The maximum absolute atomic E-state index is 14.2. The number of nitrogens with one attached hydrogen (secondary N) is 3. The van der Waals surface area contributed by atoms with Crippen LogP contribution >= 0.6 is 11.6 Å².